The summed E-state index contributed by atoms with van der Waals surface area (Å²) in [6.07, 6.45) is 5.09. The fourth-order valence-corrected chi connectivity index (χ4v) is 4.38. The Bertz CT molecular complexity index is 324. The van der Waals surface area contributed by atoms with Crippen LogP contribution in [0.25, 0.3) is 0 Å². The monoisotopic (exact) mass is 266 g/mol. The van der Waals surface area contributed by atoms with Gasteiger partial charge in [-0.15, -0.1) is 11.6 Å². The Balaban J connectivity index is 2.07. The maximum Gasteiger partial charge on any atom is 0.282 e. The summed E-state index contributed by atoms with van der Waals surface area (Å²) in [5.41, 5.74) is 0. The molecule has 6 heteroatoms. The first-order chi connectivity index (χ1) is 7.66. The van der Waals surface area contributed by atoms with E-state index in [-0.39, 0.29) is 6.04 Å². The zero-order valence-electron chi connectivity index (χ0n) is 9.44. The summed E-state index contributed by atoms with van der Waals surface area (Å²) < 4.78 is 27.9. The summed E-state index contributed by atoms with van der Waals surface area (Å²) in [5.74, 6) is 0.379. The van der Waals surface area contributed by atoms with Gasteiger partial charge in [0.05, 0.1) is 0 Å². The minimum absolute atomic E-state index is 0.214. The molecule has 0 spiro atoms. The van der Waals surface area contributed by atoms with E-state index in [1.54, 1.807) is 8.61 Å². The van der Waals surface area contributed by atoms with Gasteiger partial charge >= 0.3 is 0 Å². The molecule has 1 saturated carbocycles. The van der Waals surface area contributed by atoms with Crippen LogP contribution in [0.3, 0.4) is 0 Å². The van der Waals surface area contributed by atoms with Gasteiger partial charge < -0.3 is 0 Å². The van der Waals surface area contributed by atoms with Gasteiger partial charge in [0, 0.05) is 31.6 Å². The van der Waals surface area contributed by atoms with E-state index >= 15 is 0 Å². The lowest BCUT2D eigenvalue weighted by Crippen LogP contribution is -2.47. The molecule has 0 amide bonds. The molecule has 94 valence electrons. The van der Waals surface area contributed by atoms with Crippen LogP contribution in [0.1, 0.15) is 32.1 Å². The first-order valence-corrected chi connectivity index (χ1v) is 7.92. The molecule has 2 aliphatic rings. The van der Waals surface area contributed by atoms with Crippen molar-refractivity contribution in [2.24, 2.45) is 0 Å². The predicted octanol–water partition coefficient (Wildman–Crippen LogP) is 1.42. The summed E-state index contributed by atoms with van der Waals surface area (Å²) in [7, 11) is -3.24. The van der Waals surface area contributed by atoms with Crippen molar-refractivity contribution in [3.63, 3.8) is 0 Å². The fraction of sp³-hybridized carbons (Fsp3) is 1.00. The van der Waals surface area contributed by atoms with Crippen LogP contribution in [0.5, 0.6) is 0 Å². The molecule has 2 rings (SSSR count). The van der Waals surface area contributed by atoms with Crippen LogP contribution in [-0.2, 0) is 10.2 Å². The van der Waals surface area contributed by atoms with Gasteiger partial charge in [-0.25, -0.2) is 0 Å². The maximum atomic E-state index is 12.4. The number of piperidine rings is 1. The van der Waals surface area contributed by atoms with Crippen LogP contribution in [0, 0.1) is 0 Å². The van der Waals surface area contributed by atoms with Crippen molar-refractivity contribution < 1.29 is 8.42 Å². The van der Waals surface area contributed by atoms with Crippen molar-refractivity contribution in [3.8, 4) is 0 Å². The third-order valence-corrected chi connectivity index (χ3v) is 5.46. The number of halogens is 1. The van der Waals surface area contributed by atoms with Crippen LogP contribution in [-0.4, -0.2) is 48.6 Å². The Morgan fingerprint density at radius 2 is 1.81 bits per heavy atom. The molecule has 2 fully saturated rings. The van der Waals surface area contributed by atoms with E-state index in [2.05, 4.69) is 0 Å². The van der Waals surface area contributed by atoms with Gasteiger partial charge in [0.25, 0.3) is 10.2 Å². The molecular formula is C10H19ClN2O2S. The zero-order chi connectivity index (χ0) is 11.6. The fourth-order valence-electron chi connectivity index (χ4n) is 2.18. The Morgan fingerprint density at radius 3 is 2.31 bits per heavy atom. The molecule has 0 N–H and O–H groups in total. The third kappa shape index (κ3) is 2.70. The first-order valence-electron chi connectivity index (χ1n) is 5.99. The van der Waals surface area contributed by atoms with Gasteiger partial charge in [-0.3, -0.25) is 0 Å². The number of hydrogen-bond donors (Lipinski definition) is 0. The van der Waals surface area contributed by atoms with Crippen molar-refractivity contribution in [3.05, 3.63) is 0 Å². The summed E-state index contributed by atoms with van der Waals surface area (Å²) in [6.45, 7) is 1.80. The normalized spacial score (nSPS) is 23.9. The second-order valence-electron chi connectivity index (χ2n) is 4.50. The van der Waals surface area contributed by atoms with E-state index in [9.17, 15) is 8.42 Å². The van der Waals surface area contributed by atoms with Gasteiger partial charge in [0.15, 0.2) is 0 Å². The number of nitrogens with zero attached hydrogens (tertiary/aromatic N) is 2. The lowest BCUT2D eigenvalue weighted by Gasteiger charge is -2.31. The standard InChI is InChI=1S/C10H19ClN2O2S/c11-6-9-13(10-4-5-10)16(14,15)12-7-2-1-3-8-12/h10H,1-9H2. The Hall–Kier alpha value is 0.160. The number of hydrogen-bond acceptors (Lipinski definition) is 2. The van der Waals surface area contributed by atoms with Crippen molar-refractivity contribution in [2.75, 3.05) is 25.5 Å². The highest BCUT2D eigenvalue weighted by Crippen LogP contribution is 2.31. The summed E-state index contributed by atoms with van der Waals surface area (Å²) in [5, 5.41) is 0. The SMILES string of the molecule is O=S(=O)(N1CCCCC1)N(CCCl)C1CC1. The molecule has 0 bridgehead atoms. The van der Waals surface area contributed by atoms with Gasteiger partial charge in [-0.2, -0.15) is 17.0 Å². The minimum atomic E-state index is -3.24. The molecular weight excluding hydrogens is 248 g/mol. The largest absolute Gasteiger partial charge is 0.282 e. The van der Waals surface area contributed by atoms with Crippen molar-refractivity contribution >= 4 is 21.8 Å². The molecule has 4 nitrogen and oxygen atoms in total. The minimum Gasteiger partial charge on any atom is -0.195 e. The second-order valence-corrected chi connectivity index (χ2v) is 6.76. The van der Waals surface area contributed by atoms with E-state index in [1.807, 2.05) is 0 Å². The average Bonchev–Trinajstić information content (AvgIpc) is 3.11. The summed E-state index contributed by atoms with van der Waals surface area (Å²) in [6, 6.07) is 0.214. The van der Waals surface area contributed by atoms with Crippen molar-refractivity contribution in [1.29, 1.82) is 0 Å². The van der Waals surface area contributed by atoms with Gasteiger partial charge in [0.1, 0.15) is 0 Å². The Labute approximate surface area is 103 Å². The van der Waals surface area contributed by atoms with E-state index in [0.717, 1.165) is 32.1 Å². The maximum absolute atomic E-state index is 12.4. The van der Waals surface area contributed by atoms with Crippen LogP contribution >= 0.6 is 11.6 Å². The van der Waals surface area contributed by atoms with Crippen LogP contribution in [0.2, 0.25) is 0 Å². The van der Waals surface area contributed by atoms with Crippen molar-refractivity contribution in [1.82, 2.24) is 8.61 Å². The molecule has 1 saturated heterocycles. The summed E-state index contributed by atoms with van der Waals surface area (Å²) >= 11 is 5.69. The highest BCUT2D eigenvalue weighted by Gasteiger charge is 2.40. The molecule has 1 aliphatic heterocycles. The van der Waals surface area contributed by atoms with Crippen LogP contribution < -0.4 is 0 Å². The molecule has 16 heavy (non-hydrogen) atoms. The highest BCUT2D eigenvalue weighted by molar-refractivity contribution is 7.86. The zero-order valence-corrected chi connectivity index (χ0v) is 11.0. The molecule has 0 aromatic carbocycles. The topological polar surface area (TPSA) is 40.6 Å². The molecule has 0 unspecified atom stereocenters. The van der Waals surface area contributed by atoms with Gasteiger partial charge in [-0.1, -0.05) is 6.42 Å². The molecule has 0 aromatic heterocycles. The van der Waals surface area contributed by atoms with E-state index < -0.39 is 10.2 Å². The smallest absolute Gasteiger partial charge is 0.195 e. The van der Waals surface area contributed by atoms with Gasteiger partial charge in [-0.05, 0) is 25.7 Å². The lowest BCUT2D eigenvalue weighted by molar-refractivity contribution is 0.303. The van der Waals surface area contributed by atoms with E-state index in [1.165, 1.54) is 0 Å². The average molecular weight is 267 g/mol. The molecule has 0 aromatic rings. The predicted molar refractivity (Wildman–Crippen MR) is 64.8 cm³/mol. The Kier molecular flexibility index (Phi) is 4.11. The third-order valence-electron chi connectivity index (χ3n) is 3.20. The van der Waals surface area contributed by atoms with E-state index in [4.69, 9.17) is 11.6 Å². The molecule has 0 radical (unpaired) electrons. The van der Waals surface area contributed by atoms with Crippen molar-refractivity contribution in [2.45, 2.75) is 38.1 Å². The number of rotatable bonds is 5. The molecule has 1 aliphatic carbocycles. The Morgan fingerprint density at radius 1 is 1.19 bits per heavy atom. The van der Waals surface area contributed by atoms with E-state index in [0.29, 0.717) is 25.5 Å². The second kappa shape index (κ2) is 5.21. The molecule has 1 heterocycles. The number of alkyl halides is 1. The van der Waals surface area contributed by atoms with Gasteiger partial charge in [0.2, 0.25) is 0 Å². The van der Waals surface area contributed by atoms with Crippen LogP contribution in [0.4, 0.5) is 0 Å². The molecule has 0 atom stereocenters. The summed E-state index contributed by atoms with van der Waals surface area (Å²) in [4.78, 5) is 0. The highest BCUT2D eigenvalue weighted by atomic mass is 35.5. The lowest BCUT2D eigenvalue weighted by atomic mass is 10.2. The quantitative estimate of drug-likeness (QED) is 0.706. The first kappa shape index (κ1) is 12.6. The van der Waals surface area contributed by atoms with Crippen LogP contribution in [0.15, 0.2) is 0 Å².